The van der Waals surface area contributed by atoms with Crippen LogP contribution >= 0.6 is 0 Å². The van der Waals surface area contributed by atoms with E-state index in [2.05, 4.69) is 4.98 Å². The second kappa shape index (κ2) is 5.05. The van der Waals surface area contributed by atoms with Gasteiger partial charge in [-0.1, -0.05) is 0 Å². The SMILES string of the molecule is Cc1ccnc(C(F)(F)c2cc(F)cc(C(F)(F)F)c2)c1. The van der Waals surface area contributed by atoms with Crippen molar-refractivity contribution in [1.82, 2.24) is 4.98 Å². The van der Waals surface area contributed by atoms with Gasteiger partial charge < -0.3 is 0 Å². The van der Waals surface area contributed by atoms with Crippen LogP contribution in [-0.2, 0) is 12.1 Å². The zero-order valence-corrected chi connectivity index (χ0v) is 10.7. The van der Waals surface area contributed by atoms with Crippen LogP contribution in [0.4, 0.5) is 26.3 Å². The van der Waals surface area contributed by atoms with E-state index >= 15 is 0 Å². The zero-order chi connectivity index (χ0) is 15.8. The molecule has 0 aliphatic heterocycles. The normalized spacial score (nSPS) is 12.5. The molecular weight excluding hydrogens is 296 g/mol. The lowest BCUT2D eigenvalue weighted by molar-refractivity contribution is -0.138. The first-order valence-corrected chi connectivity index (χ1v) is 5.80. The van der Waals surface area contributed by atoms with Gasteiger partial charge in [0.2, 0.25) is 0 Å². The Morgan fingerprint density at radius 2 is 1.52 bits per heavy atom. The molecule has 1 aromatic heterocycles. The Balaban J connectivity index is 2.57. The van der Waals surface area contributed by atoms with Gasteiger partial charge >= 0.3 is 12.1 Å². The molecular formula is C14H9F6N. The van der Waals surface area contributed by atoms with E-state index in [-0.39, 0.29) is 12.1 Å². The van der Waals surface area contributed by atoms with Crippen molar-refractivity contribution in [2.24, 2.45) is 0 Å². The number of benzene rings is 1. The number of rotatable bonds is 2. The number of hydrogen-bond acceptors (Lipinski definition) is 1. The van der Waals surface area contributed by atoms with Gasteiger partial charge in [0, 0.05) is 11.8 Å². The summed E-state index contributed by atoms with van der Waals surface area (Å²) in [5, 5.41) is 0. The molecule has 0 saturated heterocycles. The van der Waals surface area contributed by atoms with Crippen LogP contribution in [0.2, 0.25) is 0 Å². The van der Waals surface area contributed by atoms with Crippen LogP contribution in [0.25, 0.3) is 0 Å². The van der Waals surface area contributed by atoms with Crippen molar-refractivity contribution in [3.63, 3.8) is 0 Å². The van der Waals surface area contributed by atoms with Crippen LogP contribution in [-0.4, -0.2) is 4.98 Å². The molecule has 0 saturated carbocycles. The molecule has 112 valence electrons. The van der Waals surface area contributed by atoms with E-state index in [1.54, 1.807) is 0 Å². The summed E-state index contributed by atoms with van der Waals surface area (Å²) in [4.78, 5) is 3.46. The molecule has 0 fully saturated rings. The van der Waals surface area contributed by atoms with E-state index in [9.17, 15) is 26.3 Å². The highest BCUT2D eigenvalue weighted by atomic mass is 19.4. The summed E-state index contributed by atoms with van der Waals surface area (Å²) in [6.45, 7) is 1.54. The number of nitrogens with zero attached hydrogens (tertiary/aromatic N) is 1. The molecule has 0 radical (unpaired) electrons. The number of hydrogen-bond donors (Lipinski definition) is 0. The fraction of sp³-hybridized carbons (Fsp3) is 0.214. The van der Waals surface area contributed by atoms with Gasteiger partial charge in [-0.2, -0.15) is 22.0 Å². The fourth-order valence-electron chi connectivity index (χ4n) is 1.79. The number of halogens is 6. The fourth-order valence-corrected chi connectivity index (χ4v) is 1.79. The predicted molar refractivity (Wildman–Crippen MR) is 63.4 cm³/mol. The Labute approximate surface area is 116 Å². The average Bonchev–Trinajstić information content (AvgIpc) is 2.37. The maximum atomic E-state index is 14.2. The van der Waals surface area contributed by atoms with E-state index in [0.29, 0.717) is 11.6 Å². The zero-order valence-electron chi connectivity index (χ0n) is 10.7. The maximum absolute atomic E-state index is 14.2. The van der Waals surface area contributed by atoms with Gasteiger partial charge in [0.25, 0.3) is 0 Å². The third-order valence-electron chi connectivity index (χ3n) is 2.82. The van der Waals surface area contributed by atoms with Gasteiger partial charge in [-0.25, -0.2) is 4.39 Å². The Morgan fingerprint density at radius 3 is 2.10 bits per heavy atom. The Kier molecular flexibility index (Phi) is 3.69. The van der Waals surface area contributed by atoms with E-state index in [1.165, 1.54) is 13.0 Å². The number of aryl methyl sites for hydroxylation is 1. The van der Waals surface area contributed by atoms with Crippen molar-refractivity contribution in [2.75, 3.05) is 0 Å². The number of aromatic nitrogens is 1. The molecule has 21 heavy (non-hydrogen) atoms. The highest BCUT2D eigenvalue weighted by Gasteiger charge is 2.39. The molecule has 0 spiro atoms. The van der Waals surface area contributed by atoms with Gasteiger partial charge in [-0.3, -0.25) is 4.98 Å². The summed E-state index contributed by atoms with van der Waals surface area (Å²) in [5.74, 6) is -5.21. The molecule has 1 nitrogen and oxygen atoms in total. The molecule has 0 N–H and O–H groups in total. The van der Waals surface area contributed by atoms with Crippen molar-refractivity contribution >= 4 is 0 Å². The lowest BCUT2D eigenvalue weighted by Gasteiger charge is -2.18. The number of pyridine rings is 1. The summed E-state index contributed by atoms with van der Waals surface area (Å²) < 4.78 is 79.4. The summed E-state index contributed by atoms with van der Waals surface area (Å²) in [6, 6.07) is 3.28. The topological polar surface area (TPSA) is 12.9 Å². The van der Waals surface area contributed by atoms with Gasteiger partial charge in [-0.15, -0.1) is 0 Å². The third-order valence-corrected chi connectivity index (χ3v) is 2.82. The van der Waals surface area contributed by atoms with E-state index in [4.69, 9.17) is 0 Å². The second-order valence-electron chi connectivity index (χ2n) is 4.52. The lowest BCUT2D eigenvalue weighted by Crippen LogP contribution is -2.19. The van der Waals surface area contributed by atoms with Crippen LogP contribution in [0, 0.1) is 12.7 Å². The van der Waals surface area contributed by atoms with Gasteiger partial charge in [0.1, 0.15) is 11.5 Å². The van der Waals surface area contributed by atoms with Crippen molar-refractivity contribution in [2.45, 2.75) is 19.0 Å². The first-order valence-electron chi connectivity index (χ1n) is 5.80. The van der Waals surface area contributed by atoms with E-state index in [1.807, 2.05) is 0 Å². The molecule has 1 heterocycles. The van der Waals surface area contributed by atoms with E-state index in [0.717, 1.165) is 12.3 Å². The Morgan fingerprint density at radius 1 is 0.905 bits per heavy atom. The van der Waals surface area contributed by atoms with Crippen molar-refractivity contribution in [1.29, 1.82) is 0 Å². The second-order valence-corrected chi connectivity index (χ2v) is 4.52. The standard InChI is InChI=1S/C14H9F6N/c1-8-2-3-21-12(4-8)13(16,17)9-5-10(14(18,19)20)7-11(15)6-9/h2-7H,1H3. The lowest BCUT2D eigenvalue weighted by atomic mass is 10.0. The number of alkyl halides is 5. The summed E-state index contributed by atoms with van der Waals surface area (Å²) in [5.41, 5.74) is -2.83. The highest BCUT2D eigenvalue weighted by molar-refractivity contribution is 5.35. The molecule has 2 aromatic rings. The minimum absolute atomic E-state index is 0.170. The monoisotopic (exact) mass is 305 g/mol. The van der Waals surface area contributed by atoms with Crippen LogP contribution in [0.3, 0.4) is 0 Å². The summed E-state index contributed by atoms with van der Waals surface area (Å²) in [7, 11) is 0. The van der Waals surface area contributed by atoms with Crippen molar-refractivity contribution in [3.05, 3.63) is 64.7 Å². The smallest absolute Gasteiger partial charge is 0.255 e. The molecule has 0 aliphatic rings. The minimum atomic E-state index is -4.91. The Hall–Kier alpha value is -2.05. The van der Waals surface area contributed by atoms with E-state index < -0.39 is 34.7 Å². The maximum Gasteiger partial charge on any atom is 0.416 e. The van der Waals surface area contributed by atoms with Crippen LogP contribution in [0.5, 0.6) is 0 Å². The molecule has 0 atom stereocenters. The first-order chi connectivity index (χ1) is 9.60. The van der Waals surface area contributed by atoms with Crippen molar-refractivity contribution < 1.29 is 26.3 Å². The highest BCUT2D eigenvalue weighted by Crippen LogP contribution is 2.38. The molecule has 0 bridgehead atoms. The molecule has 2 rings (SSSR count). The minimum Gasteiger partial charge on any atom is -0.255 e. The van der Waals surface area contributed by atoms with Crippen LogP contribution in [0.1, 0.15) is 22.4 Å². The predicted octanol–water partition coefficient (Wildman–Crippen LogP) is 4.69. The molecule has 0 amide bonds. The van der Waals surface area contributed by atoms with Crippen molar-refractivity contribution in [3.8, 4) is 0 Å². The van der Waals surface area contributed by atoms with Gasteiger partial charge in [0.15, 0.2) is 0 Å². The summed E-state index contributed by atoms with van der Waals surface area (Å²) >= 11 is 0. The average molecular weight is 305 g/mol. The molecule has 0 aliphatic carbocycles. The Bertz CT molecular complexity index is 663. The van der Waals surface area contributed by atoms with Crippen LogP contribution < -0.4 is 0 Å². The largest absolute Gasteiger partial charge is 0.416 e. The molecule has 7 heteroatoms. The van der Waals surface area contributed by atoms with Gasteiger partial charge in [0.05, 0.1) is 5.56 Å². The quantitative estimate of drug-likeness (QED) is 0.734. The summed E-state index contributed by atoms with van der Waals surface area (Å²) in [6.07, 6.45) is -3.80. The van der Waals surface area contributed by atoms with Gasteiger partial charge in [-0.05, 0) is 42.8 Å². The third kappa shape index (κ3) is 3.17. The van der Waals surface area contributed by atoms with Crippen LogP contribution in [0.15, 0.2) is 36.5 Å². The molecule has 1 aromatic carbocycles. The molecule has 0 unspecified atom stereocenters. The first kappa shape index (κ1) is 15.3.